The van der Waals surface area contributed by atoms with Crippen molar-refractivity contribution in [2.24, 2.45) is 0 Å². The molecule has 1 heterocycles. The van der Waals surface area contributed by atoms with Gasteiger partial charge in [-0.2, -0.15) is 4.57 Å². The van der Waals surface area contributed by atoms with Crippen molar-refractivity contribution in [1.29, 1.82) is 0 Å². The lowest BCUT2D eigenvalue weighted by molar-refractivity contribution is -0.392. The van der Waals surface area contributed by atoms with Crippen LogP contribution in [0.3, 0.4) is 0 Å². The largest absolute Gasteiger partial charge is 0.358 e. The zero-order valence-electron chi connectivity index (χ0n) is 10.7. The van der Waals surface area contributed by atoms with Crippen LogP contribution in [0.4, 0.5) is 11.5 Å². The highest BCUT2D eigenvalue weighted by Crippen LogP contribution is 2.33. The van der Waals surface area contributed by atoms with E-state index in [2.05, 4.69) is 0 Å². The van der Waals surface area contributed by atoms with Crippen molar-refractivity contribution < 1.29 is 9.85 Å². The Morgan fingerprint density at radius 3 is 2.24 bits per heavy atom. The van der Waals surface area contributed by atoms with E-state index in [-0.39, 0.29) is 17.2 Å². The van der Waals surface area contributed by atoms with E-state index in [0.29, 0.717) is 10.9 Å². The van der Waals surface area contributed by atoms with Crippen LogP contribution in [0, 0.1) is 20.2 Å². The van der Waals surface area contributed by atoms with Crippen LogP contribution >= 0.6 is 0 Å². The Hall–Kier alpha value is -3.22. The molecule has 0 N–H and O–H groups in total. The summed E-state index contributed by atoms with van der Waals surface area (Å²) in [7, 11) is 0. The van der Waals surface area contributed by atoms with Crippen molar-refractivity contribution >= 4 is 22.4 Å². The molecule has 7 heteroatoms. The molecule has 104 valence electrons. The van der Waals surface area contributed by atoms with Crippen LogP contribution in [0.1, 0.15) is 0 Å². The zero-order chi connectivity index (χ0) is 15.0. The van der Waals surface area contributed by atoms with Crippen molar-refractivity contribution in [2.45, 2.75) is 0 Å². The highest BCUT2D eigenvalue weighted by atomic mass is 16.6. The maximum absolute atomic E-state index is 11.3. The Morgan fingerprint density at radius 1 is 0.857 bits per heavy atom. The fourth-order valence-electron chi connectivity index (χ4n) is 2.34. The maximum atomic E-state index is 11.3. The van der Waals surface area contributed by atoms with Crippen LogP contribution < -0.4 is 0 Å². The second kappa shape index (κ2) is 4.71. The third-order valence-electron chi connectivity index (χ3n) is 3.20. The van der Waals surface area contributed by atoms with Gasteiger partial charge in [0, 0.05) is 17.5 Å². The summed E-state index contributed by atoms with van der Waals surface area (Å²) in [5, 5.41) is 23.1. The topological polar surface area (TPSA) is 91.2 Å². The number of nitro benzene ring substituents is 1. The number of hydrogen-bond acceptors (Lipinski definition) is 4. The zero-order valence-corrected chi connectivity index (χ0v) is 10.7. The summed E-state index contributed by atoms with van der Waals surface area (Å²) in [4.78, 5) is 21.3. The summed E-state index contributed by atoms with van der Waals surface area (Å²) < 4.78 is 1.30. The minimum Gasteiger partial charge on any atom is -0.358 e. The molecule has 0 aliphatic carbocycles. The Kier molecular flexibility index (Phi) is 2.87. The molecule has 0 unspecified atom stereocenters. The molecule has 0 spiro atoms. The van der Waals surface area contributed by atoms with Crippen molar-refractivity contribution in [1.82, 2.24) is 4.57 Å². The number of benzene rings is 2. The van der Waals surface area contributed by atoms with Gasteiger partial charge in [0.1, 0.15) is 5.52 Å². The number of aromatic nitrogens is 1. The first-order valence-corrected chi connectivity index (χ1v) is 6.08. The van der Waals surface area contributed by atoms with Gasteiger partial charge in [-0.25, -0.2) is 0 Å². The quantitative estimate of drug-likeness (QED) is 0.543. The molecule has 0 fully saturated rings. The average molecular weight is 283 g/mol. The molecule has 0 aliphatic heterocycles. The first-order valence-electron chi connectivity index (χ1n) is 6.08. The molecule has 0 saturated heterocycles. The molecule has 0 saturated carbocycles. The maximum Gasteiger partial charge on any atom is 0.329 e. The van der Waals surface area contributed by atoms with Crippen molar-refractivity contribution in [3.63, 3.8) is 0 Å². The summed E-state index contributed by atoms with van der Waals surface area (Å²) in [5.41, 5.74) is 0.552. The van der Waals surface area contributed by atoms with E-state index in [9.17, 15) is 20.2 Å². The van der Waals surface area contributed by atoms with E-state index in [0.717, 1.165) is 0 Å². The number of nitro groups is 2. The van der Waals surface area contributed by atoms with E-state index in [4.69, 9.17) is 0 Å². The van der Waals surface area contributed by atoms with E-state index in [1.807, 2.05) is 0 Å². The SMILES string of the molecule is O=[N+]([O-])c1ccccc1-n1c([N+](=O)[O-])cc2ccccc21. The lowest BCUT2D eigenvalue weighted by Gasteiger charge is -2.03. The van der Waals surface area contributed by atoms with Gasteiger partial charge in [-0.05, 0) is 17.1 Å². The summed E-state index contributed by atoms with van der Waals surface area (Å²) in [6, 6.07) is 14.3. The number of hydrogen-bond donors (Lipinski definition) is 0. The van der Waals surface area contributed by atoms with Crippen molar-refractivity contribution in [3.8, 4) is 5.69 Å². The number of para-hydroxylation sites is 3. The molecule has 21 heavy (non-hydrogen) atoms. The van der Waals surface area contributed by atoms with Crippen LogP contribution in [0.25, 0.3) is 16.6 Å². The lowest BCUT2D eigenvalue weighted by atomic mass is 10.2. The standard InChI is InChI=1S/C14H9N3O4/c18-16(19)13-8-4-3-7-12(13)15-11-6-2-1-5-10(11)9-14(15)17(20)21/h1-9H. The molecule has 1 aromatic heterocycles. The first-order chi connectivity index (χ1) is 10.1. The molecular formula is C14H9N3O4. The molecule has 3 aromatic rings. The van der Waals surface area contributed by atoms with Crippen LogP contribution in [-0.4, -0.2) is 14.4 Å². The number of nitrogens with zero attached hydrogens (tertiary/aromatic N) is 3. The Balaban J connectivity index is 2.42. The van der Waals surface area contributed by atoms with Gasteiger partial charge in [0.15, 0.2) is 0 Å². The summed E-state index contributed by atoms with van der Waals surface area (Å²) in [5.74, 6) is -0.203. The molecule has 7 nitrogen and oxygen atoms in total. The third kappa shape index (κ3) is 2.00. The highest BCUT2D eigenvalue weighted by Gasteiger charge is 2.26. The molecule has 0 aliphatic rings. The van der Waals surface area contributed by atoms with E-state index in [1.54, 1.807) is 30.3 Å². The Labute approximate surface area is 118 Å². The van der Waals surface area contributed by atoms with Gasteiger partial charge >= 0.3 is 11.5 Å². The van der Waals surface area contributed by atoms with Crippen LogP contribution in [0.2, 0.25) is 0 Å². The first kappa shape index (κ1) is 12.8. The fourth-order valence-corrected chi connectivity index (χ4v) is 2.34. The predicted molar refractivity (Wildman–Crippen MR) is 76.6 cm³/mol. The fraction of sp³-hybridized carbons (Fsp3) is 0. The van der Waals surface area contributed by atoms with E-state index in [1.165, 1.54) is 28.8 Å². The summed E-state index contributed by atoms with van der Waals surface area (Å²) in [6.45, 7) is 0. The molecule has 2 aromatic carbocycles. The van der Waals surface area contributed by atoms with E-state index < -0.39 is 9.85 Å². The normalized spacial score (nSPS) is 10.7. The molecular weight excluding hydrogens is 274 g/mol. The predicted octanol–water partition coefficient (Wildman–Crippen LogP) is 3.45. The second-order valence-corrected chi connectivity index (χ2v) is 4.40. The minimum atomic E-state index is -0.548. The molecule has 3 rings (SSSR count). The van der Waals surface area contributed by atoms with Crippen LogP contribution in [0.15, 0.2) is 54.6 Å². The van der Waals surface area contributed by atoms with Gasteiger partial charge in [-0.3, -0.25) is 10.1 Å². The smallest absolute Gasteiger partial charge is 0.329 e. The highest BCUT2D eigenvalue weighted by molar-refractivity contribution is 5.86. The summed E-state index contributed by atoms with van der Waals surface area (Å²) >= 11 is 0. The second-order valence-electron chi connectivity index (χ2n) is 4.40. The molecule has 0 amide bonds. The number of fused-ring (bicyclic) bond motifs is 1. The minimum absolute atomic E-state index is 0.176. The number of rotatable bonds is 3. The molecule has 0 atom stereocenters. The average Bonchev–Trinajstić information content (AvgIpc) is 2.86. The van der Waals surface area contributed by atoms with Gasteiger partial charge in [0.2, 0.25) is 5.69 Å². The van der Waals surface area contributed by atoms with Crippen LogP contribution in [-0.2, 0) is 0 Å². The summed E-state index contributed by atoms with van der Waals surface area (Å²) in [6.07, 6.45) is 0. The molecule has 0 radical (unpaired) electrons. The third-order valence-corrected chi connectivity index (χ3v) is 3.20. The molecule has 0 bridgehead atoms. The van der Waals surface area contributed by atoms with Crippen molar-refractivity contribution in [3.05, 3.63) is 74.8 Å². The van der Waals surface area contributed by atoms with Gasteiger partial charge < -0.3 is 10.1 Å². The monoisotopic (exact) mass is 283 g/mol. The van der Waals surface area contributed by atoms with Gasteiger partial charge in [0.05, 0.1) is 4.92 Å². The Morgan fingerprint density at radius 2 is 1.52 bits per heavy atom. The van der Waals surface area contributed by atoms with E-state index >= 15 is 0 Å². The van der Waals surface area contributed by atoms with Crippen molar-refractivity contribution in [2.75, 3.05) is 0 Å². The van der Waals surface area contributed by atoms with Gasteiger partial charge in [0.25, 0.3) is 0 Å². The van der Waals surface area contributed by atoms with Gasteiger partial charge in [-0.1, -0.05) is 30.3 Å². The van der Waals surface area contributed by atoms with Crippen LogP contribution in [0.5, 0.6) is 0 Å². The Bertz CT molecular complexity index is 870. The lowest BCUT2D eigenvalue weighted by Crippen LogP contribution is -2.03. The van der Waals surface area contributed by atoms with Gasteiger partial charge in [-0.15, -0.1) is 0 Å².